The lowest BCUT2D eigenvalue weighted by molar-refractivity contribution is -0.123. The zero-order chi connectivity index (χ0) is 17.8. The lowest BCUT2D eigenvalue weighted by Gasteiger charge is -2.34. The number of piperazine rings is 1. The van der Waals surface area contributed by atoms with E-state index in [0.717, 1.165) is 42.8 Å². The van der Waals surface area contributed by atoms with Gasteiger partial charge in [0.25, 0.3) is 0 Å². The Balaban J connectivity index is 1.47. The predicted molar refractivity (Wildman–Crippen MR) is 98.8 cm³/mol. The van der Waals surface area contributed by atoms with Crippen molar-refractivity contribution in [2.45, 2.75) is 26.8 Å². The summed E-state index contributed by atoms with van der Waals surface area (Å²) in [6.07, 6.45) is 3.51. The molecular formula is C17H24N6OS. The molecule has 1 amide bonds. The molecule has 7 nitrogen and oxygen atoms in total. The molecule has 134 valence electrons. The molecule has 1 fully saturated rings. The number of nitrogens with one attached hydrogen (secondary N) is 1. The van der Waals surface area contributed by atoms with Crippen LogP contribution < -0.4 is 10.2 Å². The smallest absolute Gasteiger partial charge is 0.234 e. The number of hydrogen-bond donors (Lipinski definition) is 1. The summed E-state index contributed by atoms with van der Waals surface area (Å²) in [5.41, 5.74) is 0.974. The molecule has 2 aromatic heterocycles. The van der Waals surface area contributed by atoms with Crippen LogP contribution in [0.4, 0.5) is 5.95 Å². The molecule has 25 heavy (non-hydrogen) atoms. The van der Waals surface area contributed by atoms with Crippen molar-refractivity contribution < 1.29 is 4.79 Å². The maximum atomic E-state index is 12.3. The average Bonchev–Trinajstić information content (AvgIpc) is 2.95. The second kappa shape index (κ2) is 7.88. The first-order valence-electron chi connectivity index (χ1n) is 8.50. The first-order chi connectivity index (χ1) is 12.0. The zero-order valence-corrected chi connectivity index (χ0v) is 15.7. The molecule has 0 radical (unpaired) electrons. The number of hydrogen-bond acceptors (Lipinski definition) is 7. The Morgan fingerprint density at radius 1 is 1.24 bits per heavy atom. The predicted octanol–water partition coefficient (Wildman–Crippen LogP) is 1.55. The van der Waals surface area contributed by atoms with E-state index in [2.05, 4.69) is 30.1 Å². The molecule has 3 heterocycles. The van der Waals surface area contributed by atoms with Gasteiger partial charge in [0.1, 0.15) is 0 Å². The number of carbonyl (C=O) groups excluding carboxylic acids is 1. The second-order valence-electron chi connectivity index (χ2n) is 6.28. The number of rotatable bonds is 5. The van der Waals surface area contributed by atoms with Gasteiger partial charge in [-0.3, -0.25) is 9.69 Å². The summed E-state index contributed by atoms with van der Waals surface area (Å²) in [4.78, 5) is 30.9. The molecule has 1 saturated heterocycles. The highest BCUT2D eigenvalue weighted by atomic mass is 32.1. The number of thiazole rings is 1. The number of aryl methyl sites for hydroxylation is 2. The number of carbonyl (C=O) groups is 1. The highest BCUT2D eigenvalue weighted by Gasteiger charge is 2.22. The van der Waals surface area contributed by atoms with Crippen molar-refractivity contribution in [2.75, 3.05) is 37.6 Å². The van der Waals surface area contributed by atoms with E-state index >= 15 is 0 Å². The molecule has 0 aliphatic carbocycles. The maximum absolute atomic E-state index is 12.3. The normalized spacial score (nSPS) is 16.7. The number of amides is 1. The molecule has 1 aliphatic heterocycles. The average molecular weight is 360 g/mol. The van der Waals surface area contributed by atoms with E-state index < -0.39 is 0 Å². The van der Waals surface area contributed by atoms with Crippen LogP contribution in [0, 0.1) is 13.8 Å². The van der Waals surface area contributed by atoms with E-state index in [1.807, 2.05) is 26.8 Å². The Bertz CT molecular complexity index is 711. The van der Waals surface area contributed by atoms with Crippen molar-refractivity contribution in [3.05, 3.63) is 34.0 Å². The van der Waals surface area contributed by atoms with Gasteiger partial charge in [-0.15, -0.1) is 11.3 Å². The standard InChI is InChI=1S/C17H24N6OS/c1-12(16-13(2)25-14(3)21-16)20-15(24)11-22-7-9-23(10-8-22)17-18-5-4-6-19-17/h4-6,12H,7-11H2,1-3H3,(H,20,24)/t12-/m1/s1. The fourth-order valence-electron chi connectivity index (χ4n) is 3.07. The molecule has 0 spiro atoms. The van der Waals surface area contributed by atoms with Crippen LogP contribution in [0.3, 0.4) is 0 Å². The minimum atomic E-state index is -0.0588. The third kappa shape index (κ3) is 4.52. The van der Waals surface area contributed by atoms with Crippen LogP contribution in [0.2, 0.25) is 0 Å². The fraction of sp³-hybridized carbons (Fsp3) is 0.529. The second-order valence-corrected chi connectivity index (χ2v) is 7.68. The highest BCUT2D eigenvalue weighted by molar-refractivity contribution is 7.11. The third-order valence-electron chi connectivity index (χ3n) is 4.30. The molecule has 0 aromatic carbocycles. The van der Waals surface area contributed by atoms with Gasteiger partial charge >= 0.3 is 0 Å². The summed E-state index contributed by atoms with van der Waals surface area (Å²) < 4.78 is 0. The SMILES string of the molecule is Cc1nc([C@@H](C)NC(=O)CN2CCN(c3ncccn3)CC2)c(C)s1. The van der Waals surface area contributed by atoms with Gasteiger partial charge in [-0.2, -0.15) is 0 Å². The van der Waals surface area contributed by atoms with Gasteiger partial charge in [-0.25, -0.2) is 15.0 Å². The van der Waals surface area contributed by atoms with Gasteiger partial charge < -0.3 is 10.2 Å². The van der Waals surface area contributed by atoms with Gasteiger partial charge in [0, 0.05) is 43.4 Å². The van der Waals surface area contributed by atoms with Gasteiger partial charge in [0.15, 0.2) is 0 Å². The van der Waals surface area contributed by atoms with E-state index in [-0.39, 0.29) is 11.9 Å². The fourth-order valence-corrected chi connectivity index (χ4v) is 3.98. The number of aromatic nitrogens is 3. The topological polar surface area (TPSA) is 74.2 Å². The van der Waals surface area contributed by atoms with Gasteiger partial charge in [0.2, 0.25) is 11.9 Å². The van der Waals surface area contributed by atoms with E-state index in [4.69, 9.17) is 0 Å². The molecule has 0 bridgehead atoms. The Hall–Kier alpha value is -2.06. The first-order valence-corrected chi connectivity index (χ1v) is 9.32. The molecule has 8 heteroatoms. The van der Waals surface area contributed by atoms with Gasteiger partial charge in [0.05, 0.1) is 23.3 Å². The van der Waals surface area contributed by atoms with Crippen LogP contribution in [0.25, 0.3) is 0 Å². The number of anilines is 1. The van der Waals surface area contributed by atoms with Crippen LogP contribution in [-0.2, 0) is 4.79 Å². The third-order valence-corrected chi connectivity index (χ3v) is 5.20. The van der Waals surface area contributed by atoms with Crippen molar-refractivity contribution in [3.8, 4) is 0 Å². The van der Waals surface area contributed by atoms with E-state index in [9.17, 15) is 4.79 Å². The zero-order valence-electron chi connectivity index (χ0n) is 14.9. The first kappa shape index (κ1) is 17.8. The molecule has 0 saturated carbocycles. The molecule has 0 unspecified atom stereocenters. The summed E-state index contributed by atoms with van der Waals surface area (Å²) in [5.74, 6) is 0.802. The highest BCUT2D eigenvalue weighted by Crippen LogP contribution is 2.22. The minimum absolute atomic E-state index is 0.0435. The van der Waals surface area contributed by atoms with Crippen molar-refractivity contribution >= 4 is 23.2 Å². The van der Waals surface area contributed by atoms with Crippen LogP contribution >= 0.6 is 11.3 Å². The van der Waals surface area contributed by atoms with Crippen LogP contribution in [0.5, 0.6) is 0 Å². The van der Waals surface area contributed by atoms with Gasteiger partial charge in [-0.05, 0) is 26.8 Å². The van der Waals surface area contributed by atoms with Crippen molar-refractivity contribution in [2.24, 2.45) is 0 Å². The molecule has 3 rings (SSSR count). The lowest BCUT2D eigenvalue weighted by Crippen LogP contribution is -2.50. The molecule has 2 aromatic rings. The van der Waals surface area contributed by atoms with E-state index in [1.165, 1.54) is 4.88 Å². The van der Waals surface area contributed by atoms with Crippen LogP contribution in [0.1, 0.15) is 28.5 Å². The molecular weight excluding hydrogens is 336 g/mol. The van der Waals surface area contributed by atoms with Crippen molar-refractivity contribution in [3.63, 3.8) is 0 Å². The largest absolute Gasteiger partial charge is 0.347 e. The van der Waals surface area contributed by atoms with E-state index in [0.29, 0.717) is 6.54 Å². The quantitative estimate of drug-likeness (QED) is 0.872. The molecule has 1 N–H and O–H groups in total. The van der Waals surface area contributed by atoms with E-state index in [1.54, 1.807) is 23.7 Å². The van der Waals surface area contributed by atoms with Crippen molar-refractivity contribution in [1.82, 2.24) is 25.2 Å². The molecule has 1 aliphatic rings. The maximum Gasteiger partial charge on any atom is 0.234 e. The summed E-state index contributed by atoms with van der Waals surface area (Å²) in [6.45, 7) is 9.76. The summed E-state index contributed by atoms with van der Waals surface area (Å²) in [7, 11) is 0. The summed E-state index contributed by atoms with van der Waals surface area (Å²) in [5, 5.41) is 4.10. The van der Waals surface area contributed by atoms with Crippen molar-refractivity contribution in [1.29, 1.82) is 0 Å². The van der Waals surface area contributed by atoms with Crippen LogP contribution in [0.15, 0.2) is 18.5 Å². The summed E-state index contributed by atoms with van der Waals surface area (Å²) >= 11 is 1.67. The van der Waals surface area contributed by atoms with Gasteiger partial charge in [-0.1, -0.05) is 0 Å². The monoisotopic (exact) mass is 360 g/mol. The Kier molecular flexibility index (Phi) is 5.60. The number of nitrogens with zero attached hydrogens (tertiary/aromatic N) is 5. The molecule has 1 atom stereocenters. The summed E-state index contributed by atoms with van der Waals surface area (Å²) in [6, 6.07) is 1.76. The minimum Gasteiger partial charge on any atom is -0.347 e. The Morgan fingerprint density at radius 2 is 1.92 bits per heavy atom. The Morgan fingerprint density at radius 3 is 2.52 bits per heavy atom. The Labute approximate surface area is 152 Å². The lowest BCUT2D eigenvalue weighted by atomic mass is 10.2. The van der Waals surface area contributed by atoms with Crippen LogP contribution in [-0.4, -0.2) is 58.5 Å².